The highest BCUT2D eigenvalue weighted by Crippen LogP contribution is 2.37. The smallest absolute Gasteiger partial charge is 0.0284 e. The van der Waals surface area contributed by atoms with Gasteiger partial charge in [0.25, 0.3) is 0 Å². The summed E-state index contributed by atoms with van der Waals surface area (Å²) in [5.41, 5.74) is 12.2. The van der Waals surface area contributed by atoms with E-state index < -0.39 is 0 Å². The summed E-state index contributed by atoms with van der Waals surface area (Å²) in [6, 6.07) is 13.7. The largest absolute Gasteiger partial charge is 0.115 e. The highest BCUT2D eigenvalue weighted by atomic mass is 14.3. The third kappa shape index (κ3) is 17.6. The summed E-state index contributed by atoms with van der Waals surface area (Å²) in [6.45, 7) is 34.4. The molecule has 2 aliphatic rings. The third-order valence-electron chi connectivity index (χ3n) is 9.82. The first-order valence-corrected chi connectivity index (χ1v) is 20.8. The van der Waals surface area contributed by atoms with Gasteiger partial charge in [-0.05, 0) is 98.2 Å². The molecule has 1 unspecified atom stereocenters. The minimum atomic E-state index is -0.172. The molecule has 298 valence electrons. The van der Waals surface area contributed by atoms with E-state index in [1.165, 1.54) is 95.9 Å². The molecule has 0 fully saturated rings. The molecule has 0 aliphatic heterocycles. The van der Waals surface area contributed by atoms with Crippen molar-refractivity contribution in [3.05, 3.63) is 123 Å². The van der Waals surface area contributed by atoms with E-state index in [-0.39, 0.29) is 18.3 Å². The lowest BCUT2D eigenvalue weighted by Gasteiger charge is -2.30. The molecule has 0 radical (unpaired) electrons. The van der Waals surface area contributed by atoms with Gasteiger partial charge in [-0.1, -0.05) is 200 Å². The number of aryl methyl sites for hydroxylation is 3. The van der Waals surface area contributed by atoms with Crippen LogP contribution in [0, 0.1) is 37.0 Å². The van der Waals surface area contributed by atoms with Gasteiger partial charge >= 0.3 is 0 Å². The first-order valence-electron chi connectivity index (χ1n) is 20.8. The van der Waals surface area contributed by atoms with Gasteiger partial charge in [0, 0.05) is 28.7 Å². The molecular weight excluding hydrogens is 649 g/mol. The molecule has 54 heavy (non-hydrogen) atoms. The Kier molecular flexibility index (Phi) is 27.8. The van der Waals surface area contributed by atoms with Crippen LogP contribution in [0.5, 0.6) is 0 Å². The maximum absolute atomic E-state index is 5.74. The van der Waals surface area contributed by atoms with Crippen molar-refractivity contribution in [2.75, 3.05) is 0 Å². The summed E-state index contributed by atoms with van der Waals surface area (Å²) < 4.78 is 0. The van der Waals surface area contributed by atoms with Crippen LogP contribution < -0.4 is 0 Å². The Labute approximate surface area is 337 Å². The van der Waals surface area contributed by atoms with Crippen LogP contribution in [0.15, 0.2) is 90.1 Å². The molecule has 0 saturated carbocycles. The molecule has 0 heterocycles. The number of hydrogen-bond donors (Lipinski definition) is 0. The number of benzene rings is 2. The average molecular weight is 731 g/mol. The molecule has 1 atom stereocenters. The number of terminal acetylenes is 1. The summed E-state index contributed by atoms with van der Waals surface area (Å²) in [4.78, 5) is 0. The molecule has 4 rings (SSSR count). The highest BCUT2D eigenvalue weighted by molar-refractivity contribution is 5.56. The van der Waals surface area contributed by atoms with Gasteiger partial charge in [0.15, 0.2) is 0 Å². The Balaban J connectivity index is 0. The van der Waals surface area contributed by atoms with Crippen LogP contribution in [0.25, 0.3) is 6.08 Å². The number of hydrogen-bond acceptors (Lipinski definition) is 0. The second-order valence-electron chi connectivity index (χ2n) is 15.3. The van der Waals surface area contributed by atoms with Crippen LogP contribution in [0.3, 0.4) is 0 Å². The summed E-state index contributed by atoms with van der Waals surface area (Å²) in [6.07, 6.45) is 30.6. The fourth-order valence-corrected chi connectivity index (χ4v) is 6.02. The average Bonchev–Trinajstić information content (AvgIpc) is 3.14. The van der Waals surface area contributed by atoms with Crippen LogP contribution in [0.4, 0.5) is 0 Å². The van der Waals surface area contributed by atoms with Crippen LogP contribution in [-0.4, -0.2) is 0 Å². The minimum absolute atomic E-state index is 0. The van der Waals surface area contributed by atoms with E-state index in [0.29, 0.717) is 5.92 Å². The first kappa shape index (κ1) is 52.4. The molecule has 2 aromatic carbocycles. The predicted octanol–water partition coefficient (Wildman–Crippen LogP) is 16.5. The number of rotatable bonds is 12. The standard InChI is InChI=1S/C22H28.C21H30.C5H6.C3H8.C2H6.CH4/c1-7-11-13-19-17-21(16-15-18(19)9-3)22(5,6)20(10-4)14-12-8-2;1-6-7-10-18-15-20(13-12-17(18)3)21(4,5)19-11-8-9-16(2)14-19;1-5-3-2-4-5;1-3-2;1-2;/h4,8-9,12,14-17H,3,7,11,13H2,1-2,5-6H3;11-15H,6-10H2,1-5H3;5H,3H2,1H3;3H2,1-2H3;1-2H3;1H4/b12-8-,20-14+;;;;;. The van der Waals surface area contributed by atoms with Crippen LogP contribution >= 0.6 is 0 Å². The molecule has 0 spiro atoms. The predicted molar refractivity (Wildman–Crippen MR) is 249 cm³/mol. The van der Waals surface area contributed by atoms with Crippen molar-refractivity contribution in [1.82, 2.24) is 0 Å². The SMILES string of the molecule is C.C#C/C(=C\C=C/C)C(C)(C)c1ccc(C=C)c(CCCC)c1.CC.CC1C#CC1.CCC.CCCCc1cc(C(C)(C)C2=CCCC(C)=C2)ccc1C. The second-order valence-corrected chi connectivity index (χ2v) is 15.3. The maximum atomic E-state index is 5.74. The lowest BCUT2D eigenvalue weighted by molar-refractivity contribution is 0.626. The Morgan fingerprint density at radius 2 is 1.46 bits per heavy atom. The number of allylic oxidation sites excluding steroid dienone is 8. The first-order chi connectivity index (χ1) is 25.3. The fraction of sp³-hybridized carbons (Fsp3) is 0.519. The van der Waals surface area contributed by atoms with Crippen molar-refractivity contribution in [1.29, 1.82) is 0 Å². The van der Waals surface area contributed by atoms with Crippen LogP contribution in [0.2, 0.25) is 0 Å². The fourth-order valence-electron chi connectivity index (χ4n) is 6.02. The van der Waals surface area contributed by atoms with Crippen molar-refractivity contribution in [2.24, 2.45) is 5.92 Å². The van der Waals surface area contributed by atoms with E-state index in [1.54, 1.807) is 0 Å². The summed E-state index contributed by atoms with van der Waals surface area (Å²) in [5.74, 6) is 9.43. The van der Waals surface area contributed by atoms with E-state index >= 15 is 0 Å². The van der Waals surface area contributed by atoms with Gasteiger partial charge in [0.1, 0.15) is 0 Å². The normalized spacial score (nSPS) is 14.4. The molecule has 2 aromatic rings. The number of unbranched alkanes of at least 4 members (excludes halogenated alkanes) is 2. The molecule has 0 amide bonds. The van der Waals surface area contributed by atoms with E-state index in [0.717, 1.165) is 18.4 Å². The lowest BCUT2D eigenvalue weighted by Crippen LogP contribution is -2.21. The monoisotopic (exact) mass is 731 g/mol. The molecule has 0 bridgehead atoms. The summed E-state index contributed by atoms with van der Waals surface area (Å²) in [5, 5.41) is 0. The van der Waals surface area contributed by atoms with Crippen molar-refractivity contribution in [3.63, 3.8) is 0 Å². The zero-order valence-corrected chi connectivity index (χ0v) is 36.9. The molecular formula is C54H82. The van der Waals surface area contributed by atoms with E-state index in [9.17, 15) is 0 Å². The van der Waals surface area contributed by atoms with Crippen LogP contribution in [0.1, 0.15) is 182 Å². The molecule has 0 saturated heterocycles. The van der Waals surface area contributed by atoms with Crippen molar-refractivity contribution in [3.8, 4) is 24.2 Å². The summed E-state index contributed by atoms with van der Waals surface area (Å²) >= 11 is 0. The van der Waals surface area contributed by atoms with Crippen LogP contribution in [-0.2, 0) is 23.7 Å². The molecule has 0 aromatic heterocycles. The Bertz CT molecular complexity index is 1590. The Morgan fingerprint density at radius 1 is 0.926 bits per heavy atom. The van der Waals surface area contributed by atoms with Crippen molar-refractivity contribution < 1.29 is 0 Å². The molecule has 0 N–H and O–H groups in total. The third-order valence-corrected chi connectivity index (χ3v) is 9.82. The Morgan fingerprint density at radius 3 is 1.93 bits per heavy atom. The second kappa shape index (κ2) is 28.7. The molecule has 0 nitrogen and oxygen atoms in total. The zero-order valence-electron chi connectivity index (χ0n) is 36.9. The zero-order chi connectivity index (χ0) is 40.5. The lowest BCUT2D eigenvalue weighted by atomic mass is 9.74. The topological polar surface area (TPSA) is 0 Å². The van der Waals surface area contributed by atoms with E-state index in [4.69, 9.17) is 6.42 Å². The Hall–Kier alpha value is -3.74. The molecule has 0 heteroatoms. The van der Waals surface area contributed by atoms with Gasteiger partial charge in [0.05, 0.1) is 0 Å². The van der Waals surface area contributed by atoms with Gasteiger partial charge < -0.3 is 0 Å². The minimum Gasteiger partial charge on any atom is -0.115 e. The van der Waals surface area contributed by atoms with E-state index in [2.05, 4.69) is 149 Å². The van der Waals surface area contributed by atoms with Crippen molar-refractivity contribution >= 4 is 6.08 Å². The quantitative estimate of drug-likeness (QED) is 0.151. The van der Waals surface area contributed by atoms with E-state index in [1.807, 2.05) is 45.1 Å². The van der Waals surface area contributed by atoms with Gasteiger partial charge in [-0.25, -0.2) is 0 Å². The maximum Gasteiger partial charge on any atom is 0.0284 e. The molecule has 2 aliphatic carbocycles. The van der Waals surface area contributed by atoms with Gasteiger partial charge in [-0.3, -0.25) is 0 Å². The van der Waals surface area contributed by atoms with Gasteiger partial charge in [-0.2, -0.15) is 0 Å². The highest BCUT2D eigenvalue weighted by Gasteiger charge is 2.26. The van der Waals surface area contributed by atoms with Gasteiger partial charge in [0.2, 0.25) is 0 Å². The van der Waals surface area contributed by atoms with Crippen molar-refractivity contribution in [2.45, 2.75) is 179 Å². The van der Waals surface area contributed by atoms with Gasteiger partial charge in [-0.15, -0.1) is 12.3 Å². The summed E-state index contributed by atoms with van der Waals surface area (Å²) in [7, 11) is 0.